The van der Waals surface area contributed by atoms with Crippen LogP contribution in [0.3, 0.4) is 0 Å². The van der Waals surface area contributed by atoms with Crippen molar-refractivity contribution in [3.8, 4) is 0 Å². The second kappa shape index (κ2) is 6.33. The predicted molar refractivity (Wildman–Crippen MR) is 73.6 cm³/mol. The summed E-state index contributed by atoms with van der Waals surface area (Å²) in [5.74, 6) is -0.271. The number of rotatable bonds is 4. The van der Waals surface area contributed by atoms with E-state index in [0.29, 0.717) is 0 Å². The van der Waals surface area contributed by atoms with Crippen LogP contribution in [0.2, 0.25) is 0 Å². The molecule has 116 valence electrons. The minimum Gasteiger partial charge on any atom is -0.394 e. The molecule has 0 saturated carbocycles. The third-order valence-corrected chi connectivity index (χ3v) is 3.30. The highest BCUT2D eigenvalue weighted by Gasteiger charge is 2.34. The molecule has 0 bridgehead atoms. The van der Waals surface area contributed by atoms with Gasteiger partial charge in [-0.15, -0.1) is 0 Å². The first-order chi connectivity index (χ1) is 9.92. The molecule has 1 aliphatic rings. The topological polar surface area (TPSA) is 114 Å². The molecular weight excluding hydrogens is 278 g/mol. The van der Waals surface area contributed by atoms with Crippen LogP contribution < -0.4 is 11.0 Å². The van der Waals surface area contributed by atoms with Crippen molar-refractivity contribution in [2.24, 2.45) is 5.92 Å². The first-order valence-electron chi connectivity index (χ1n) is 6.76. The van der Waals surface area contributed by atoms with E-state index in [2.05, 4.69) is 10.3 Å². The number of nitrogens with zero attached hydrogens (tertiary/aromatic N) is 2. The van der Waals surface area contributed by atoms with Gasteiger partial charge in [0.15, 0.2) is 0 Å². The monoisotopic (exact) mass is 297 g/mol. The zero-order valence-corrected chi connectivity index (χ0v) is 11.9. The van der Waals surface area contributed by atoms with Gasteiger partial charge in [-0.2, -0.15) is 4.98 Å². The number of hydrogen-bond acceptors (Lipinski definition) is 6. The zero-order chi connectivity index (χ0) is 15.6. The zero-order valence-electron chi connectivity index (χ0n) is 11.9. The summed E-state index contributed by atoms with van der Waals surface area (Å²) in [6.07, 6.45) is -0.561. The molecule has 1 saturated heterocycles. The number of aromatic nitrogens is 2. The number of amides is 1. The third-order valence-electron chi connectivity index (χ3n) is 3.30. The number of aliphatic hydroxyl groups is 2. The predicted octanol–water partition coefficient (Wildman–Crippen LogP) is -0.522. The standard InChI is InChI=1S/C13H19N3O5/c1-7(2)12(19)14-10-3-4-16(13(20)15-10)11-5-8(18)9(6-17)21-11/h3-4,7-9,11,17-18H,5-6H2,1-2H3,(H,14,15,19,20)/t8-,9+,11+/m1/s1. The van der Waals surface area contributed by atoms with Gasteiger partial charge in [0.05, 0.1) is 12.7 Å². The van der Waals surface area contributed by atoms with Crippen LogP contribution in [-0.2, 0) is 9.53 Å². The van der Waals surface area contributed by atoms with E-state index in [-0.39, 0.29) is 30.7 Å². The number of anilines is 1. The molecule has 21 heavy (non-hydrogen) atoms. The maximum Gasteiger partial charge on any atom is 0.351 e. The van der Waals surface area contributed by atoms with Crippen molar-refractivity contribution in [3.05, 3.63) is 22.7 Å². The van der Waals surface area contributed by atoms with Crippen molar-refractivity contribution in [2.75, 3.05) is 11.9 Å². The number of carbonyl (C=O) groups excluding carboxylic acids is 1. The van der Waals surface area contributed by atoms with E-state index in [0.717, 1.165) is 0 Å². The molecular formula is C13H19N3O5. The Bertz CT molecular complexity index is 571. The van der Waals surface area contributed by atoms with Gasteiger partial charge in [-0.05, 0) is 6.07 Å². The molecule has 2 rings (SSSR count). The molecule has 1 aromatic rings. The van der Waals surface area contributed by atoms with Gasteiger partial charge in [0.25, 0.3) is 0 Å². The molecule has 0 aliphatic carbocycles. The first-order valence-corrected chi connectivity index (χ1v) is 6.76. The van der Waals surface area contributed by atoms with Crippen LogP contribution in [0, 0.1) is 5.92 Å². The molecule has 1 aliphatic heterocycles. The van der Waals surface area contributed by atoms with Crippen LogP contribution in [0.25, 0.3) is 0 Å². The smallest absolute Gasteiger partial charge is 0.351 e. The van der Waals surface area contributed by atoms with Crippen molar-refractivity contribution in [1.82, 2.24) is 9.55 Å². The van der Waals surface area contributed by atoms with Gasteiger partial charge >= 0.3 is 5.69 Å². The van der Waals surface area contributed by atoms with Gasteiger partial charge in [-0.1, -0.05) is 13.8 Å². The fraction of sp³-hybridized carbons (Fsp3) is 0.615. The molecule has 0 spiro atoms. The first kappa shape index (κ1) is 15.6. The van der Waals surface area contributed by atoms with Crippen LogP contribution in [-0.4, -0.2) is 44.5 Å². The van der Waals surface area contributed by atoms with E-state index < -0.39 is 24.1 Å². The Labute approximate surface area is 121 Å². The Hall–Kier alpha value is -1.77. The SMILES string of the molecule is CC(C)C(=O)Nc1ccn([C@@H]2C[C@@H](O)[C@H](CO)O2)c(=O)n1. The molecule has 1 fully saturated rings. The lowest BCUT2D eigenvalue weighted by molar-refractivity contribution is -0.118. The highest BCUT2D eigenvalue weighted by Crippen LogP contribution is 2.27. The fourth-order valence-corrected chi connectivity index (χ4v) is 2.02. The number of hydrogen-bond donors (Lipinski definition) is 3. The molecule has 0 aromatic carbocycles. The maximum absolute atomic E-state index is 12.0. The highest BCUT2D eigenvalue weighted by atomic mass is 16.5. The van der Waals surface area contributed by atoms with Gasteiger partial charge in [0.1, 0.15) is 18.1 Å². The lowest BCUT2D eigenvalue weighted by atomic mass is 10.2. The van der Waals surface area contributed by atoms with Crippen molar-refractivity contribution in [2.45, 2.75) is 38.7 Å². The Morgan fingerprint density at radius 3 is 2.86 bits per heavy atom. The summed E-state index contributed by atoms with van der Waals surface area (Å²) in [6, 6.07) is 1.49. The Morgan fingerprint density at radius 2 is 2.33 bits per heavy atom. The Balaban J connectivity index is 2.13. The van der Waals surface area contributed by atoms with E-state index in [4.69, 9.17) is 9.84 Å². The normalized spacial score (nSPS) is 25.3. The summed E-state index contributed by atoms with van der Waals surface area (Å²) in [5.41, 5.74) is -0.590. The highest BCUT2D eigenvalue weighted by molar-refractivity contribution is 5.90. The van der Waals surface area contributed by atoms with Gasteiger partial charge in [-0.25, -0.2) is 4.79 Å². The van der Waals surface area contributed by atoms with E-state index in [1.807, 2.05) is 0 Å². The van der Waals surface area contributed by atoms with E-state index in [1.165, 1.54) is 16.8 Å². The maximum atomic E-state index is 12.0. The quantitative estimate of drug-likeness (QED) is 0.689. The second-order valence-electron chi connectivity index (χ2n) is 5.26. The molecule has 1 aromatic heterocycles. The molecule has 3 N–H and O–H groups in total. The Morgan fingerprint density at radius 1 is 1.62 bits per heavy atom. The van der Waals surface area contributed by atoms with Gasteiger partial charge in [-0.3, -0.25) is 9.36 Å². The number of aliphatic hydroxyl groups excluding tert-OH is 2. The van der Waals surface area contributed by atoms with Crippen LogP contribution in [0.4, 0.5) is 5.82 Å². The molecule has 1 amide bonds. The van der Waals surface area contributed by atoms with Crippen LogP contribution in [0.5, 0.6) is 0 Å². The third kappa shape index (κ3) is 3.46. The van der Waals surface area contributed by atoms with Crippen molar-refractivity contribution < 1.29 is 19.7 Å². The minimum atomic E-state index is -0.827. The van der Waals surface area contributed by atoms with Crippen LogP contribution in [0.15, 0.2) is 17.1 Å². The number of nitrogens with one attached hydrogen (secondary N) is 1. The molecule has 8 heteroatoms. The number of carbonyl (C=O) groups is 1. The summed E-state index contributed by atoms with van der Waals surface area (Å²) in [6.45, 7) is 3.15. The Kier molecular flexibility index (Phi) is 4.71. The van der Waals surface area contributed by atoms with Crippen molar-refractivity contribution in [1.29, 1.82) is 0 Å². The molecule has 0 radical (unpaired) electrons. The van der Waals surface area contributed by atoms with Gasteiger partial charge in [0.2, 0.25) is 5.91 Å². The van der Waals surface area contributed by atoms with Gasteiger partial charge in [0, 0.05) is 18.5 Å². The van der Waals surface area contributed by atoms with Crippen molar-refractivity contribution in [3.63, 3.8) is 0 Å². The van der Waals surface area contributed by atoms with E-state index >= 15 is 0 Å². The lowest BCUT2D eigenvalue weighted by Gasteiger charge is -2.14. The summed E-state index contributed by atoms with van der Waals surface area (Å²) in [4.78, 5) is 27.3. The number of ether oxygens (including phenoxy) is 1. The lowest BCUT2D eigenvalue weighted by Crippen LogP contribution is -2.29. The fourth-order valence-electron chi connectivity index (χ4n) is 2.02. The summed E-state index contributed by atoms with van der Waals surface area (Å²) in [5, 5.41) is 21.2. The molecule has 2 heterocycles. The summed E-state index contributed by atoms with van der Waals surface area (Å²) in [7, 11) is 0. The molecule has 8 nitrogen and oxygen atoms in total. The molecule has 3 atom stereocenters. The molecule has 0 unspecified atom stereocenters. The van der Waals surface area contributed by atoms with Crippen LogP contribution >= 0.6 is 0 Å². The van der Waals surface area contributed by atoms with E-state index in [9.17, 15) is 14.7 Å². The second-order valence-corrected chi connectivity index (χ2v) is 5.26. The summed E-state index contributed by atoms with van der Waals surface area (Å²) < 4.78 is 6.61. The van der Waals surface area contributed by atoms with Gasteiger partial charge < -0.3 is 20.3 Å². The van der Waals surface area contributed by atoms with Crippen molar-refractivity contribution >= 4 is 11.7 Å². The van der Waals surface area contributed by atoms with Crippen LogP contribution in [0.1, 0.15) is 26.5 Å². The minimum absolute atomic E-state index is 0.173. The summed E-state index contributed by atoms with van der Waals surface area (Å²) >= 11 is 0. The average Bonchev–Trinajstić information content (AvgIpc) is 2.79. The largest absolute Gasteiger partial charge is 0.394 e. The average molecular weight is 297 g/mol. The van der Waals surface area contributed by atoms with E-state index in [1.54, 1.807) is 13.8 Å².